The van der Waals surface area contributed by atoms with E-state index >= 15 is 0 Å². The molecule has 0 saturated heterocycles. The number of nitrogens with zero attached hydrogens (tertiary/aromatic N) is 4. The predicted octanol–water partition coefficient (Wildman–Crippen LogP) is 12.6. The Balaban J connectivity index is 1.21. The summed E-state index contributed by atoms with van der Waals surface area (Å²) in [5.41, 5.74) is 6.52. The van der Waals surface area contributed by atoms with Gasteiger partial charge in [-0.3, -0.25) is 0 Å². The summed E-state index contributed by atoms with van der Waals surface area (Å²) in [6.45, 7) is 0. The van der Waals surface area contributed by atoms with Crippen molar-refractivity contribution >= 4 is 74.9 Å². The van der Waals surface area contributed by atoms with Gasteiger partial charge in [-0.2, -0.15) is 0 Å². The predicted molar refractivity (Wildman–Crippen MR) is 218 cm³/mol. The Morgan fingerprint density at radius 2 is 0.942 bits per heavy atom. The standard InChI is InChI=1S/C47H28N4S/c1-3-15-31(16-4-1)45-48-46(32-17-5-2-6-18-32)50-47(49-45)38-23-11-21-35-36-22-12-24-40(44(36)52-43(35)38)51-39-28-26-29-13-7-9-19-33(29)41(39)37-27-25-30-14-8-10-20-34(30)42(37)51/h1-28H. The third-order valence-electron chi connectivity index (χ3n) is 10.2. The van der Waals surface area contributed by atoms with E-state index in [1.165, 1.54) is 64.5 Å². The lowest BCUT2D eigenvalue weighted by atomic mass is 10.0. The second kappa shape index (κ2) is 11.4. The molecule has 0 amide bonds. The number of hydrogen-bond acceptors (Lipinski definition) is 4. The van der Waals surface area contributed by atoms with E-state index in [1.807, 2.05) is 47.7 Å². The first kappa shape index (κ1) is 29.1. The van der Waals surface area contributed by atoms with Crippen LogP contribution in [0.4, 0.5) is 0 Å². The van der Waals surface area contributed by atoms with Crippen LogP contribution in [0.25, 0.3) is 103 Å². The highest BCUT2D eigenvalue weighted by Gasteiger charge is 2.21. The fraction of sp³-hybridized carbons (Fsp3) is 0. The van der Waals surface area contributed by atoms with Gasteiger partial charge in [0, 0.05) is 48.3 Å². The molecule has 4 nitrogen and oxygen atoms in total. The topological polar surface area (TPSA) is 43.6 Å². The van der Waals surface area contributed by atoms with E-state index in [4.69, 9.17) is 15.0 Å². The van der Waals surface area contributed by atoms with Crippen molar-refractivity contribution in [2.24, 2.45) is 0 Å². The van der Waals surface area contributed by atoms with Gasteiger partial charge < -0.3 is 4.57 Å². The average Bonchev–Trinajstić information content (AvgIpc) is 3.78. The molecule has 0 radical (unpaired) electrons. The highest BCUT2D eigenvalue weighted by molar-refractivity contribution is 7.26. The SMILES string of the molecule is c1ccc(-c2nc(-c3ccccc3)nc(-c3cccc4c3sc3c(-n5c6ccc7ccccc7c6c6ccc7ccccc7c65)cccc34)n2)cc1. The van der Waals surface area contributed by atoms with Crippen LogP contribution in [0.3, 0.4) is 0 Å². The van der Waals surface area contributed by atoms with Crippen LogP contribution in [0.15, 0.2) is 170 Å². The van der Waals surface area contributed by atoms with Crippen molar-refractivity contribution < 1.29 is 0 Å². The molecular formula is C47H28N4S. The number of hydrogen-bond donors (Lipinski definition) is 0. The van der Waals surface area contributed by atoms with Gasteiger partial charge in [-0.05, 0) is 34.4 Å². The summed E-state index contributed by atoms with van der Waals surface area (Å²) >= 11 is 1.82. The van der Waals surface area contributed by atoms with Crippen molar-refractivity contribution in [1.82, 2.24) is 19.5 Å². The highest BCUT2D eigenvalue weighted by Crippen LogP contribution is 2.46. The van der Waals surface area contributed by atoms with E-state index in [9.17, 15) is 0 Å². The van der Waals surface area contributed by atoms with Crippen LogP contribution >= 0.6 is 11.3 Å². The smallest absolute Gasteiger partial charge is 0.165 e. The first-order chi connectivity index (χ1) is 25.8. The molecular weight excluding hydrogens is 653 g/mol. The lowest BCUT2D eigenvalue weighted by Crippen LogP contribution is -2.00. The van der Waals surface area contributed by atoms with Crippen LogP contribution in [-0.4, -0.2) is 19.5 Å². The molecule has 5 heteroatoms. The Hall–Kier alpha value is -6.69. The number of thiophene rings is 1. The monoisotopic (exact) mass is 680 g/mol. The van der Waals surface area contributed by atoms with Crippen LogP contribution in [0.5, 0.6) is 0 Å². The Kier molecular flexibility index (Phi) is 6.39. The van der Waals surface area contributed by atoms with E-state index in [-0.39, 0.29) is 0 Å². The summed E-state index contributed by atoms with van der Waals surface area (Å²) < 4.78 is 4.89. The zero-order chi connectivity index (χ0) is 34.2. The van der Waals surface area contributed by atoms with E-state index in [0.29, 0.717) is 17.5 Å². The molecule has 52 heavy (non-hydrogen) atoms. The summed E-state index contributed by atoms with van der Waals surface area (Å²) in [5, 5.41) is 9.94. The molecule has 0 atom stereocenters. The van der Waals surface area contributed by atoms with Crippen LogP contribution in [0, 0.1) is 0 Å². The Bertz CT molecular complexity index is 3120. The van der Waals surface area contributed by atoms with Crippen LogP contribution in [0.2, 0.25) is 0 Å². The van der Waals surface area contributed by atoms with Crippen molar-refractivity contribution in [1.29, 1.82) is 0 Å². The zero-order valence-corrected chi connectivity index (χ0v) is 28.7. The molecule has 0 fully saturated rings. The minimum atomic E-state index is 0.660. The first-order valence-corrected chi connectivity index (χ1v) is 18.3. The van der Waals surface area contributed by atoms with E-state index < -0.39 is 0 Å². The third kappa shape index (κ3) is 4.36. The molecule has 0 aliphatic carbocycles. The minimum absolute atomic E-state index is 0.660. The van der Waals surface area contributed by atoms with Crippen molar-refractivity contribution in [3.8, 4) is 39.9 Å². The van der Waals surface area contributed by atoms with Crippen molar-refractivity contribution in [3.63, 3.8) is 0 Å². The molecule has 3 aromatic heterocycles. The van der Waals surface area contributed by atoms with Gasteiger partial charge in [0.1, 0.15) is 0 Å². The molecule has 11 rings (SSSR count). The van der Waals surface area contributed by atoms with Gasteiger partial charge in [0.2, 0.25) is 0 Å². The van der Waals surface area contributed by atoms with Crippen LogP contribution < -0.4 is 0 Å². The van der Waals surface area contributed by atoms with Gasteiger partial charge in [0.05, 0.1) is 21.4 Å². The number of fused-ring (bicyclic) bond motifs is 10. The number of benzene rings is 8. The van der Waals surface area contributed by atoms with E-state index in [2.05, 4.69) is 138 Å². The molecule has 11 aromatic rings. The summed E-state index contributed by atoms with van der Waals surface area (Å²) in [4.78, 5) is 15.2. The van der Waals surface area contributed by atoms with Crippen molar-refractivity contribution in [3.05, 3.63) is 170 Å². The molecule has 8 aromatic carbocycles. The Morgan fingerprint density at radius 1 is 0.385 bits per heavy atom. The Labute approximate surface area is 302 Å². The number of rotatable bonds is 4. The molecule has 0 spiro atoms. The highest BCUT2D eigenvalue weighted by atomic mass is 32.1. The molecule has 0 bridgehead atoms. The minimum Gasteiger partial charge on any atom is -0.307 e. The van der Waals surface area contributed by atoms with Gasteiger partial charge in [0.15, 0.2) is 17.5 Å². The first-order valence-electron chi connectivity index (χ1n) is 17.5. The Morgan fingerprint density at radius 3 is 1.67 bits per heavy atom. The third-order valence-corrected chi connectivity index (χ3v) is 11.5. The fourth-order valence-corrected chi connectivity index (χ4v) is 9.20. The largest absolute Gasteiger partial charge is 0.307 e. The van der Waals surface area contributed by atoms with Gasteiger partial charge in [-0.25, -0.2) is 15.0 Å². The fourth-order valence-electron chi connectivity index (χ4n) is 7.88. The molecule has 0 aliphatic heterocycles. The zero-order valence-electron chi connectivity index (χ0n) is 27.9. The molecule has 242 valence electrons. The van der Waals surface area contributed by atoms with Gasteiger partial charge >= 0.3 is 0 Å². The van der Waals surface area contributed by atoms with Crippen LogP contribution in [0.1, 0.15) is 0 Å². The summed E-state index contributed by atoms with van der Waals surface area (Å²) in [6.07, 6.45) is 0. The van der Waals surface area contributed by atoms with E-state index in [0.717, 1.165) is 21.4 Å². The molecule has 0 saturated carbocycles. The van der Waals surface area contributed by atoms with Gasteiger partial charge in [-0.1, -0.05) is 152 Å². The van der Waals surface area contributed by atoms with E-state index in [1.54, 1.807) is 0 Å². The van der Waals surface area contributed by atoms with Crippen molar-refractivity contribution in [2.75, 3.05) is 0 Å². The van der Waals surface area contributed by atoms with Gasteiger partial charge in [0.25, 0.3) is 0 Å². The van der Waals surface area contributed by atoms with Gasteiger partial charge in [-0.15, -0.1) is 11.3 Å². The summed E-state index contributed by atoms with van der Waals surface area (Å²) in [6, 6.07) is 60.2. The lowest BCUT2D eigenvalue weighted by Gasteiger charge is -2.11. The maximum Gasteiger partial charge on any atom is 0.165 e. The second-order valence-corrected chi connectivity index (χ2v) is 14.2. The maximum absolute atomic E-state index is 5.12. The molecule has 0 aliphatic rings. The average molecular weight is 681 g/mol. The quantitative estimate of drug-likeness (QED) is 0.186. The summed E-state index contributed by atoms with van der Waals surface area (Å²) in [7, 11) is 0. The molecule has 3 heterocycles. The number of aromatic nitrogens is 4. The van der Waals surface area contributed by atoms with Crippen LogP contribution in [-0.2, 0) is 0 Å². The molecule has 0 N–H and O–H groups in total. The maximum atomic E-state index is 5.12. The lowest BCUT2D eigenvalue weighted by molar-refractivity contribution is 1.08. The summed E-state index contributed by atoms with van der Waals surface area (Å²) in [5.74, 6) is 1.99. The normalized spacial score (nSPS) is 11.8. The second-order valence-electron chi connectivity index (χ2n) is 13.2. The molecule has 0 unspecified atom stereocenters. The van der Waals surface area contributed by atoms with Crippen molar-refractivity contribution in [2.45, 2.75) is 0 Å².